The summed E-state index contributed by atoms with van der Waals surface area (Å²) >= 11 is 3.63. The SMILES string of the molecule is COC(=O)N[C@H](C(=O)N1CCC[C@@]1(C)c1nc(-c2ccc(Br)c3ccn(C)c23)c[nH]1)C(C)C. The molecule has 2 N–H and O–H groups in total. The molecule has 0 unspecified atom stereocenters. The Morgan fingerprint density at radius 2 is 2.06 bits per heavy atom. The predicted octanol–water partition coefficient (Wildman–Crippen LogP) is 4.55. The molecule has 0 bridgehead atoms. The maximum atomic E-state index is 13.5. The van der Waals surface area contributed by atoms with Gasteiger partial charge in [-0.05, 0) is 43.9 Å². The van der Waals surface area contributed by atoms with E-state index in [4.69, 9.17) is 9.72 Å². The van der Waals surface area contributed by atoms with Crippen LogP contribution in [0.2, 0.25) is 0 Å². The Morgan fingerprint density at radius 3 is 2.76 bits per heavy atom. The number of rotatable bonds is 5. The average molecular weight is 516 g/mol. The molecule has 0 aliphatic carbocycles. The van der Waals surface area contributed by atoms with E-state index in [-0.39, 0.29) is 11.8 Å². The summed E-state index contributed by atoms with van der Waals surface area (Å²) in [5.41, 5.74) is 2.35. The number of nitrogens with one attached hydrogen (secondary N) is 2. The number of amides is 2. The van der Waals surface area contributed by atoms with E-state index in [0.717, 1.165) is 45.3 Å². The molecule has 1 fully saturated rings. The van der Waals surface area contributed by atoms with Gasteiger partial charge in [-0.15, -0.1) is 0 Å². The number of aromatic nitrogens is 3. The molecule has 0 radical (unpaired) electrons. The number of ether oxygens (including phenoxy) is 1. The number of carbonyl (C=O) groups excluding carboxylic acids is 2. The Hall–Kier alpha value is -2.81. The Morgan fingerprint density at radius 1 is 1.30 bits per heavy atom. The van der Waals surface area contributed by atoms with Crippen molar-refractivity contribution in [3.05, 3.63) is 40.9 Å². The maximum absolute atomic E-state index is 13.5. The van der Waals surface area contributed by atoms with Crippen molar-refractivity contribution < 1.29 is 14.3 Å². The fraction of sp³-hybridized carbons (Fsp3) is 0.458. The van der Waals surface area contributed by atoms with Gasteiger partial charge in [0.05, 0.1) is 23.9 Å². The minimum atomic E-state index is -0.668. The largest absolute Gasteiger partial charge is 0.453 e. The molecule has 1 aliphatic heterocycles. The highest BCUT2D eigenvalue weighted by atomic mass is 79.9. The molecule has 1 aromatic carbocycles. The van der Waals surface area contributed by atoms with Crippen LogP contribution in [0.25, 0.3) is 22.2 Å². The highest BCUT2D eigenvalue weighted by molar-refractivity contribution is 9.10. The number of nitrogens with zero attached hydrogens (tertiary/aromatic N) is 3. The first kappa shape index (κ1) is 23.4. The van der Waals surface area contributed by atoms with Crippen LogP contribution in [-0.2, 0) is 22.1 Å². The molecule has 3 aromatic rings. The molecule has 33 heavy (non-hydrogen) atoms. The lowest BCUT2D eigenvalue weighted by Crippen LogP contribution is -2.55. The molecule has 1 saturated heterocycles. The maximum Gasteiger partial charge on any atom is 0.407 e. The van der Waals surface area contributed by atoms with Crippen LogP contribution in [0.5, 0.6) is 0 Å². The molecule has 2 amide bonds. The van der Waals surface area contributed by atoms with Crippen molar-refractivity contribution >= 4 is 38.8 Å². The molecule has 0 spiro atoms. The van der Waals surface area contributed by atoms with E-state index in [0.29, 0.717) is 6.54 Å². The van der Waals surface area contributed by atoms with Crippen LogP contribution in [0, 0.1) is 5.92 Å². The van der Waals surface area contributed by atoms with Crippen LogP contribution in [-0.4, -0.2) is 51.1 Å². The third kappa shape index (κ3) is 4.03. The molecule has 1 aliphatic rings. The lowest BCUT2D eigenvalue weighted by atomic mass is 9.95. The Bertz CT molecular complexity index is 1200. The van der Waals surface area contributed by atoms with Crippen molar-refractivity contribution in [2.24, 2.45) is 13.0 Å². The van der Waals surface area contributed by atoms with Crippen molar-refractivity contribution in [1.29, 1.82) is 0 Å². The number of fused-ring (bicyclic) bond motifs is 1. The number of hydrogen-bond acceptors (Lipinski definition) is 4. The fourth-order valence-electron chi connectivity index (χ4n) is 4.76. The van der Waals surface area contributed by atoms with E-state index in [1.165, 1.54) is 7.11 Å². The zero-order valence-electron chi connectivity index (χ0n) is 19.6. The number of aryl methyl sites for hydroxylation is 1. The fourth-order valence-corrected chi connectivity index (χ4v) is 5.21. The molecule has 0 saturated carbocycles. The molecular formula is C24H30BrN5O3. The zero-order chi connectivity index (χ0) is 23.9. The van der Waals surface area contributed by atoms with Gasteiger partial charge in [-0.25, -0.2) is 9.78 Å². The standard InChI is InChI=1S/C24H30BrN5O3/c1-14(2)19(28-23(32)33-5)21(31)30-11-6-10-24(30,3)22-26-13-18(27-22)16-7-8-17(25)15-9-12-29(4)20(15)16/h7-9,12-14,19H,6,10-11H2,1-5H3,(H,26,27)(H,28,32)/t19-,24-/m0/s1. The van der Waals surface area contributed by atoms with Crippen LogP contribution in [0.15, 0.2) is 35.1 Å². The molecule has 4 rings (SSSR count). The molecule has 2 aromatic heterocycles. The third-order valence-corrected chi connectivity index (χ3v) is 7.34. The van der Waals surface area contributed by atoms with Crippen LogP contribution in [0.1, 0.15) is 39.4 Å². The Kier molecular flexibility index (Phi) is 6.26. The first-order valence-electron chi connectivity index (χ1n) is 11.1. The Balaban J connectivity index is 1.69. The summed E-state index contributed by atoms with van der Waals surface area (Å²) in [4.78, 5) is 35.5. The van der Waals surface area contributed by atoms with Gasteiger partial charge in [-0.2, -0.15) is 0 Å². The van der Waals surface area contributed by atoms with E-state index in [2.05, 4.69) is 42.9 Å². The smallest absolute Gasteiger partial charge is 0.407 e. The quantitative estimate of drug-likeness (QED) is 0.521. The number of halogens is 1. The number of aromatic amines is 1. The second-order valence-corrected chi connectivity index (χ2v) is 10.00. The number of imidazole rings is 1. The number of carbonyl (C=O) groups is 2. The first-order chi connectivity index (χ1) is 15.7. The minimum Gasteiger partial charge on any atom is -0.453 e. The topological polar surface area (TPSA) is 92.2 Å². The van der Waals surface area contributed by atoms with Gasteiger partial charge in [-0.3, -0.25) is 4.79 Å². The van der Waals surface area contributed by atoms with Crippen LogP contribution in [0.4, 0.5) is 4.79 Å². The monoisotopic (exact) mass is 515 g/mol. The van der Waals surface area contributed by atoms with Crippen LogP contribution in [0.3, 0.4) is 0 Å². The van der Waals surface area contributed by atoms with Crippen molar-refractivity contribution in [2.45, 2.75) is 45.2 Å². The highest BCUT2D eigenvalue weighted by Crippen LogP contribution is 2.40. The number of hydrogen-bond donors (Lipinski definition) is 2. The molecule has 2 atom stereocenters. The minimum absolute atomic E-state index is 0.0815. The number of alkyl carbamates (subject to hydrolysis) is 1. The van der Waals surface area contributed by atoms with Crippen molar-refractivity contribution in [2.75, 3.05) is 13.7 Å². The average Bonchev–Trinajstić information content (AvgIpc) is 3.51. The van der Waals surface area contributed by atoms with Gasteiger partial charge in [0, 0.05) is 41.4 Å². The Labute approximate surface area is 201 Å². The van der Waals surface area contributed by atoms with Crippen LogP contribution >= 0.6 is 15.9 Å². The summed E-state index contributed by atoms with van der Waals surface area (Å²) < 4.78 is 7.86. The normalized spacial score (nSPS) is 19.3. The van der Waals surface area contributed by atoms with Crippen molar-refractivity contribution in [1.82, 2.24) is 24.8 Å². The summed E-state index contributed by atoms with van der Waals surface area (Å²) in [6.45, 7) is 6.47. The highest BCUT2D eigenvalue weighted by Gasteiger charge is 2.46. The van der Waals surface area contributed by atoms with E-state index < -0.39 is 17.7 Å². The van der Waals surface area contributed by atoms with E-state index >= 15 is 0 Å². The van der Waals surface area contributed by atoms with E-state index in [9.17, 15) is 9.59 Å². The van der Waals surface area contributed by atoms with Gasteiger partial charge in [0.15, 0.2) is 0 Å². The van der Waals surface area contributed by atoms with Crippen molar-refractivity contribution in [3.63, 3.8) is 0 Å². The first-order valence-corrected chi connectivity index (χ1v) is 11.9. The lowest BCUT2D eigenvalue weighted by molar-refractivity contribution is -0.138. The van der Waals surface area contributed by atoms with Gasteiger partial charge in [0.1, 0.15) is 11.9 Å². The van der Waals surface area contributed by atoms with E-state index in [1.807, 2.05) is 51.2 Å². The summed E-state index contributed by atoms with van der Waals surface area (Å²) in [6, 6.07) is 5.50. The summed E-state index contributed by atoms with van der Waals surface area (Å²) in [6.07, 6.45) is 4.98. The number of benzene rings is 1. The number of methoxy groups -OCH3 is 1. The third-order valence-electron chi connectivity index (χ3n) is 6.64. The van der Waals surface area contributed by atoms with E-state index in [1.54, 1.807) is 0 Å². The predicted molar refractivity (Wildman–Crippen MR) is 131 cm³/mol. The van der Waals surface area contributed by atoms with Gasteiger partial charge in [0.25, 0.3) is 0 Å². The van der Waals surface area contributed by atoms with Crippen LogP contribution < -0.4 is 5.32 Å². The van der Waals surface area contributed by atoms with Gasteiger partial charge < -0.3 is 24.5 Å². The lowest BCUT2D eigenvalue weighted by Gasteiger charge is -2.37. The summed E-state index contributed by atoms with van der Waals surface area (Å²) in [7, 11) is 3.32. The summed E-state index contributed by atoms with van der Waals surface area (Å²) in [5.74, 6) is 0.540. The second kappa shape index (κ2) is 8.85. The van der Waals surface area contributed by atoms with Gasteiger partial charge in [0.2, 0.25) is 5.91 Å². The molecule has 3 heterocycles. The number of H-pyrrole nitrogens is 1. The second-order valence-electron chi connectivity index (χ2n) is 9.14. The van der Waals surface area contributed by atoms with Gasteiger partial charge in [-0.1, -0.05) is 29.8 Å². The molecule has 8 nitrogen and oxygen atoms in total. The van der Waals surface area contributed by atoms with Crippen molar-refractivity contribution in [3.8, 4) is 11.3 Å². The zero-order valence-corrected chi connectivity index (χ0v) is 21.2. The molecule has 176 valence electrons. The summed E-state index contributed by atoms with van der Waals surface area (Å²) in [5, 5.41) is 3.82. The molecule has 9 heteroatoms. The van der Waals surface area contributed by atoms with Gasteiger partial charge >= 0.3 is 6.09 Å². The number of likely N-dealkylation sites (tertiary alicyclic amines) is 1. The molecular weight excluding hydrogens is 486 g/mol.